The Kier molecular flexibility index (Phi) is 4.22. The van der Waals surface area contributed by atoms with E-state index in [1.165, 1.54) is 11.8 Å². The van der Waals surface area contributed by atoms with Crippen molar-refractivity contribution in [1.29, 1.82) is 0 Å². The zero-order chi connectivity index (χ0) is 15.7. The van der Waals surface area contributed by atoms with Gasteiger partial charge in [0.15, 0.2) is 5.17 Å². The highest BCUT2D eigenvalue weighted by atomic mass is 32.2. The van der Waals surface area contributed by atoms with Gasteiger partial charge in [0, 0.05) is 24.7 Å². The van der Waals surface area contributed by atoms with Crippen molar-refractivity contribution in [2.24, 2.45) is 4.99 Å². The van der Waals surface area contributed by atoms with Crippen LogP contribution in [0.1, 0.15) is 12.0 Å². The molecule has 3 rings (SSSR count). The number of nitrogens with zero attached hydrogens (tertiary/aromatic N) is 3. The van der Waals surface area contributed by atoms with Crippen molar-refractivity contribution >= 4 is 28.9 Å². The molecule has 0 unspecified atom stereocenters. The Morgan fingerprint density at radius 2 is 2.18 bits per heavy atom. The van der Waals surface area contributed by atoms with Crippen LogP contribution in [0.3, 0.4) is 0 Å². The molecule has 0 bridgehead atoms. The number of carbonyl (C=O) groups excluding carboxylic acids is 1. The number of thioether (sulfide) groups is 1. The van der Waals surface area contributed by atoms with Crippen LogP contribution in [-0.2, 0) is 4.79 Å². The number of phenols is 1. The number of hydrogen-bond donors (Lipinski definition) is 1. The van der Waals surface area contributed by atoms with E-state index < -0.39 is 0 Å². The monoisotopic (exact) mass is 317 g/mol. The quantitative estimate of drug-likeness (QED) is 0.846. The van der Waals surface area contributed by atoms with E-state index in [2.05, 4.69) is 28.9 Å². The van der Waals surface area contributed by atoms with Crippen LogP contribution in [0.25, 0.3) is 6.08 Å². The molecule has 1 fully saturated rings. The first-order valence-corrected chi connectivity index (χ1v) is 8.08. The highest BCUT2D eigenvalue weighted by Crippen LogP contribution is 2.33. The minimum absolute atomic E-state index is 0.172. The van der Waals surface area contributed by atoms with E-state index in [1.807, 2.05) is 6.07 Å². The summed E-state index contributed by atoms with van der Waals surface area (Å²) < 4.78 is 0. The Labute approximate surface area is 134 Å². The summed E-state index contributed by atoms with van der Waals surface area (Å²) in [7, 11) is 4.15. The molecule has 0 saturated carbocycles. The van der Waals surface area contributed by atoms with Crippen molar-refractivity contribution in [3.63, 3.8) is 0 Å². The molecule has 0 spiro atoms. The van der Waals surface area contributed by atoms with Gasteiger partial charge in [0.25, 0.3) is 5.91 Å². The second-order valence-electron chi connectivity index (χ2n) is 5.72. The Bertz CT molecular complexity index is 655. The number of amides is 1. The maximum atomic E-state index is 12.1. The van der Waals surface area contributed by atoms with E-state index in [-0.39, 0.29) is 11.7 Å². The molecule has 1 saturated heterocycles. The lowest BCUT2D eigenvalue weighted by atomic mass is 10.2. The molecular weight excluding hydrogens is 298 g/mol. The summed E-state index contributed by atoms with van der Waals surface area (Å²) in [6, 6.07) is 7.49. The predicted molar refractivity (Wildman–Crippen MR) is 89.8 cm³/mol. The first-order valence-electron chi connectivity index (χ1n) is 7.26. The standard InChI is InChI=1S/C16H19N3O2S/c1-18(2)12-7-8-19(10-12)16-17-15(21)14(22-16)9-11-5-3-4-6-13(11)20/h3-6,9,12,20H,7-8,10H2,1-2H3/b14-9+/t12-/m0/s1. The minimum atomic E-state index is -0.225. The van der Waals surface area contributed by atoms with Gasteiger partial charge >= 0.3 is 0 Å². The second kappa shape index (κ2) is 6.14. The summed E-state index contributed by atoms with van der Waals surface area (Å²) >= 11 is 1.39. The van der Waals surface area contributed by atoms with Gasteiger partial charge in [-0.15, -0.1) is 0 Å². The molecule has 1 amide bonds. The van der Waals surface area contributed by atoms with Crippen LogP contribution in [0, 0.1) is 0 Å². The van der Waals surface area contributed by atoms with Gasteiger partial charge in [0.05, 0.1) is 4.91 Å². The summed E-state index contributed by atoms with van der Waals surface area (Å²) in [6.07, 6.45) is 2.79. The zero-order valence-electron chi connectivity index (χ0n) is 12.7. The van der Waals surface area contributed by atoms with Crippen molar-refractivity contribution in [2.75, 3.05) is 27.2 Å². The van der Waals surface area contributed by atoms with Gasteiger partial charge in [-0.25, -0.2) is 0 Å². The van der Waals surface area contributed by atoms with Gasteiger partial charge in [-0.1, -0.05) is 18.2 Å². The number of rotatable bonds is 2. The maximum absolute atomic E-state index is 12.1. The summed E-state index contributed by atoms with van der Waals surface area (Å²) in [5.41, 5.74) is 0.641. The van der Waals surface area contributed by atoms with E-state index in [1.54, 1.807) is 24.3 Å². The molecule has 1 atom stereocenters. The van der Waals surface area contributed by atoms with Gasteiger partial charge in [-0.3, -0.25) is 4.79 Å². The first kappa shape index (κ1) is 15.1. The third kappa shape index (κ3) is 3.03. The average Bonchev–Trinajstić information content (AvgIpc) is 3.09. The molecule has 5 nitrogen and oxygen atoms in total. The highest BCUT2D eigenvalue weighted by Gasteiger charge is 2.31. The lowest BCUT2D eigenvalue weighted by molar-refractivity contribution is -0.113. The van der Waals surface area contributed by atoms with Gasteiger partial charge in [0.2, 0.25) is 0 Å². The average molecular weight is 317 g/mol. The number of benzene rings is 1. The van der Waals surface area contributed by atoms with Crippen molar-refractivity contribution in [2.45, 2.75) is 12.5 Å². The molecule has 0 aliphatic carbocycles. The number of likely N-dealkylation sites (N-methyl/N-ethyl adjacent to an activating group) is 1. The van der Waals surface area contributed by atoms with Crippen molar-refractivity contribution in [3.05, 3.63) is 34.7 Å². The predicted octanol–water partition coefficient (Wildman–Crippen LogP) is 2.00. The molecule has 2 aliphatic heterocycles. The fourth-order valence-electron chi connectivity index (χ4n) is 2.62. The van der Waals surface area contributed by atoms with E-state index >= 15 is 0 Å². The summed E-state index contributed by atoms with van der Waals surface area (Å²) in [4.78, 5) is 21.2. The van der Waals surface area contributed by atoms with Gasteiger partial charge in [-0.05, 0) is 44.4 Å². The maximum Gasteiger partial charge on any atom is 0.286 e. The van der Waals surface area contributed by atoms with Gasteiger partial charge in [-0.2, -0.15) is 4.99 Å². The topological polar surface area (TPSA) is 56.1 Å². The Hall–Kier alpha value is -1.79. The highest BCUT2D eigenvalue weighted by molar-refractivity contribution is 8.18. The van der Waals surface area contributed by atoms with Gasteiger partial charge in [0.1, 0.15) is 5.75 Å². The normalized spacial score (nSPS) is 23.7. The number of carbonyl (C=O) groups is 1. The summed E-state index contributed by atoms with van der Waals surface area (Å²) in [5, 5.41) is 10.6. The zero-order valence-corrected chi connectivity index (χ0v) is 13.5. The number of aliphatic imine (C=N–C) groups is 1. The van der Waals surface area contributed by atoms with Crippen LogP contribution < -0.4 is 0 Å². The molecule has 1 aromatic carbocycles. The molecule has 1 N–H and O–H groups in total. The van der Waals surface area contributed by atoms with Crippen LogP contribution in [0.4, 0.5) is 0 Å². The van der Waals surface area contributed by atoms with Crippen LogP contribution in [0.5, 0.6) is 5.75 Å². The first-order chi connectivity index (χ1) is 10.5. The minimum Gasteiger partial charge on any atom is -0.507 e. The number of hydrogen-bond acceptors (Lipinski definition) is 5. The molecule has 2 heterocycles. The molecule has 6 heteroatoms. The van der Waals surface area contributed by atoms with E-state index in [4.69, 9.17) is 0 Å². The molecule has 116 valence electrons. The van der Waals surface area contributed by atoms with Gasteiger partial charge < -0.3 is 14.9 Å². The molecule has 0 radical (unpaired) electrons. The third-order valence-corrected chi connectivity index (χ3v) is 5.04. The fraction of sp³-hybridized carbons (Fsp3) is 0.375. The molecule has 0 aromatic heterocycles. The van der Waals surface area contributed by atoms with E-state index in [0.717, 1.165) is 24.7 Å². The van der Waals surface area contributed by atoms with Crippen LogP contribution >= 0.6 is 11.8 Å². The molecule has 2 aliphatic rings. The largest absolute Gasteiger partial charge is 0.507 e. The summed E-state index contributed by atoms with van der Waals surface area (Å²) in [5.74, 6) is -0.0535. The van der Waals surface area contributed by atoms with Crippen LogP contribution in [0.2, 0.25) is 0 Å². The lowest BCUT2D eigenvalue weighted by Gasteiger charge is -2.20. The smallest absolute Gasteiger partial charge is 0.286 e. The number of aromatic hydroxyl groups is 1. The van der Waals surface area contributed by atoms with Crippen molar-refractivity contribution in [1.82, 2.24) is 9.80 Å². The Morgan fingerprint density at radius 3 is 2.86 bits per heavy atom. The number of likely N-dealkylation sites (tertiary alicyclic amines) is 1. The van der Waals surface area contributed by atoms with Crippen molar-refractivity contribution in [3.8, 4) is 5.75 Å². The fourth-order valence-corrected chi connectivity index (χ4v) is 3.56. The molecular formula is C16H19N3O2S. The SMILES string of the molecule is CN(C)[C@H]1CCN(C2=NC(=O)/C(=C\c3ccccc3O)S2)C1. The Balaban J connectivity index is 1.73. The summed E-state index contributed by atoms with van der Waals surface area (Å²) in [6.45, 7) is 1.82. The van der Waals surface area contributed by atoms with Crippen LogP contribution in [-0.4, -0.2) is 59.2 Å². The Morgan fingerprint density at radius 1 is 1.41 bits per heavy atom. The van der Waals surface area contributed by atoms with Crippen molar-refractivity contribution < 1.29 is 9.90 Å². The van der Waals surface area contributed by atoms with E-state index in [0.29, 0.717) is 16.5 Å². The van der Waals surface area contributed by atoms with E-state index in [9.17, 15) is 9.90 Å². The number of para-hydroxylation sites is 1. The van der Waals surface area contributed by atoms with Crippen LogP contribution in [0.15, 0.2) is 34.2 Å². The molecule has 22 heavy (non-hydrogen) atoms. The number of amidine groups is 1. The molecule has 1 aromatic rings. The lowest BCUT2D eigenvalue weighted by Crippen LogP contribution is -2.33. The number of phenolic OH excluding ortho intramolecular Hbond substituents is 1. The third-order valence-electron chi connectivity index (χ3n) is 4.00. The second-order valence-corrected chi connectivity index (χ2v) is 6.73.